The molecule has 1 fully saturated rings. The quantitative estimate of drug-likeness (QED) is 0.861. The lowest BCUT2D eigenvalue weighted by molar-refractivity contribution is 0.290. The predicted molar refractivity (Wildman–Crippen MR) is 75.7 cm³/mol. The Labute approximate surface area is 109 Å². The lowest BCUT2D eigenvalue weighted by Crippen LogP contribution is -2.46. The third-order valence-electron chi connectivity index (χ3n) is 3.81. The molecular weight excluding hydrogens is 228 g/mol. The highest BCUT2D eigenvalue weighted by Crippen LogP contribution is 2.20. The van der Waals surface area contributed by atoms with Gasteiger partial charge in [-0.15, -0.1) is 11.3 Å². The molecule has 1 aromatic rings. The SMILES string of the molecule is Cc1cc(CNCC2NCCCC2C)sc1C. The van der Waals surface area contributed by atoms with Crippen LogP contribution in [-0.4, -0.2) is 19.1 Å². The number of piperidine rings is 1. The van der Waals surface area contributed by atoms with Gasteiger partial charge in [0.15, 0.2) is 0 Å². The topological polar surface area (TPSA) is 24.1 Å². The minimum atomic E-state index is 0.658. The van der Waals surface area contributed by atoms with Crippen LogP contribution in [0, 0.1) is 19.8 Å². The first kappa shape index (κ1) is 13.1. The van der Waals surface area contributed by atoms with Crippen LogP contribution in [0.5, 0.6) is 0 Å². The van der Waals surface area contributed by atoms with Gasteiger partial charge in [0.1, 0.15) is 0 Å². The van der Waals surface area contributed by atoms with Crippen molar-refractivity contribution in [2.45, 2.75) is 46.2 Å². The van der Waals surface area contributed by atoms with Gasteiger partial charge in [-0.05, 0) is 50.8 Å². The molecule has 2 unspecified atom stereocenters. The van der Waals surface area contributed by atoms with Crippen molar-refractivity contribution in [1.29, 1.82) is 0 Å². The van der Waals surface area contributed by atoms with Crippen molar-refractivity contribution in [1.82, 2.24) is 10.6 Å². The Morgan fingerprint density at radius 3 is 2.94 bits per heavy atom. The Bertz CT molecular complexity index is 340. The van der Waals surface area contributed by atoms with E-state index in [9.17, 15) is 0 Å². The van der Waals surface area contributed by atoms with Gasteiger partial charge in [-0.2, -0.15) is 0 Å². The van der Waals surface area contributed by atoms with Crippen molar-refractivity contribution in [2.24, 2.45) is 5.92 Å². The van der Waals surface area contributed by atoms with Crippen molar-refractivity contribution in [2.75, 3.05) is 13.1 Å². The summed E-state index contributed by atoms with van der Waals surface area (Å²) in [5, 5.41) is 7.20. The van der Waals surface area contributed by atoms with Gasteiger partial charge in [-0.25, -0.2) is 0 Å². The second kappa shape index (κ2) is 5.98. The fourth-order valence-corrected chi connectivity index (χ4v) is 3.50. The molecule has 1 aromatic heterocycles. The highest BCUT2D eigenvalue weighted by Gasteiger charge is 2.19. The van der Waals surface area contributed by atoms with Crippen LogP contribution in [-0.2, 0) is 6.54 Å². The first-order chi connectivity index (χ1) is 8.16. The molecule has 0 radical (unpaired) electrons. The van der Waals surface area contributed by atoms with Gasteiger partial charge in [0.05, 0.1) is 0 Å². The monoisotopic (exact) mass is 252 g/mol. The van der Waals surface area contributed by atoms with Crippen molar-refractivity contribution in [3.63, 3.8) is 0 Å². The maximum atomic E-state index is 3.61. The summed E-state index contributed by atoms with van der Waals surface area (Å²) < 4.78 is 0. The molecule has 2 heterocycles. The second-order valence-electron chi connectivity index (χ2n) is 5.26. The summed E-state index contributed by atoms with van der Waals surface area (Å²) in [5.74, 6) is 0.808. The van der Waals surface area contributed by atoms with Crippen LogP contribution < -0.4 is 10.6 Å². The molecule has 3 heteroatoms. The Kier molecular flexibility index (Phi) is 4.60. The minimum absolute atomic E-state index is 0.658. The van der Waals surface area contributed by atoms with E-state index in [1.54, 1.807) is 0 Å². The molecule has 2 rings (SSSR count). The fourth-order valence-electron chi connectivity index (χ4n) is 2.47. The molecule has 17 heavy (non-hydrogen) atoms. The van der Waals surface area contributed by atoms with E-state index in [1.807, 2.05) is 11.3 Å². The standard InChI is InChI=1S/C14H24N2S/c1-10-5-4-6-16-14(10)9-15-8-13-7-11(2)12(3)17-13/h7,10,14-16H,4-6,8-9H2,1-3H3. The molecular formula is C14H24N2S. The third kappa shape index (κ3) is 3.54. The second-order valence-corrected chi connectivity index (χ2v) is 6.60. The number of nitrogens with one attached hydrogen (secondary N) is 2. The number of thiophene rings is 1. The molecule has 0 spiro atoms. The van der Waals surface area contributed by atoms with Crippen molar-refractivity contribution >= 4 is 11.3 Å². The normalized spacial score (nSPS) is 25.1. The highest BCUT2D eigenvalue weighted by molar-refractivity contribution is 7.12. The summed E-state index contributed by atoms with van der Waals surface area (Å²) in [7, 11) is 0. The van der Waals surface area contributed by atoms with E-state index in [-0.39, 0.29) is 0 Å². The van der Waals surface area contributed by atoms with Crippen molar-refractivity contribution < 1.29 is 0 Å². The van der Waals surface area contributed by atoms with E-state index in [1.165, 1.54) is 34.7 Å². The molecule has 1 saturated heterocycles. The summed E-state index contributed by atoms with van der Waals surface area (Å²) in [6.07, 6.45) is 2.71. The molecule has 0 amide bonds. The van der Waals surface area contributed by atoms with Gasteiger partial charge >= 0.3 is 0 Å². The van der Waals surface area contributed by atoms with E-state index in [2.05, 4.69) is 37.5 Å². The van der Waals surface area contributed by atoms with Crippen LogP contribution in [0.3, 0.4) is 0 Å². The predicted octanol–water partition coefficient (Wildman–Crippen LogP) is 2.84. The number of rotatable bonds is 4. The molecule has 2 N–H and O–H groups in total. The number of hydrogen-bond acceptors (Lipinski definition) is 3. The van der Waals surface area contributed by atoms with Crippen molar-refractivity contribution in [3.8, 4) is 0 Å². The highest BCUT2D eigenvalue weighted by atomic mass is 32.1. The van der Waals surface area contributed by atoms with Crippen LogP contribution in [0.2, 0.25) is 0 Å². The Morgan fingerprint density at radius 1 is 1.47 bits per heavy atom. The first-order valence-electron chi connectivity index (χ1n) is 6.67. The lowest BCUT2D eigenvalue weighted by atomic mass is 9.93. The third-order valence-corrected chi connectivity index (χ3v) is 4.96. The van der Waals surface area contributed by atoms with E-state index < -0.39 is 0 Å². The van der Waals surface area contributed by atoms with Crippen molar-refractivity contribution in [3.05, 3.63) is 21.4 Å². The molecule has 0 bridgehead atoms. The van der Waals surface area contributed by atoms with Gasteiger partial charge < -0.3 is 10.6 Å². The minimum Gasteiger partial charge on any atom is -0.312 e. The fraction of sp³-hybridized carbons (Fsp3) is 0.714. The summed E-state index contributed by atoms with van der Waals surface area (Å²) in [4.78, 5) is 2.91. The smallest absolute Gasteiger partial charge is 0.0300 e. The van der Waals surface area contributed by atoms with Gasteiger partial charge in [-0.3, -0.25) is 0 Å². The van der Waals surface area contributed by atoms with Crippen LogP contribution in [0.1, 0.15) is 35.1 Å². The molecule has 1 aliphatic heterocycles. The number of aryl methyl sites for hydroxylation is 2. The molecule has 0 aromatic carbocycles. The summed E-state index contributed by atoms with van der Waals surface area (Å²) in [6, 6.07) is 2.97. The maximum absolute atomic E-state index is 3.61. The average molecular weight is 252 g/mol. The molecule has 0 saturated carbocycles. The largest absolute Gasteiger partial charge is 0.312 e. The van der Waals surface area contributed by atoms with E-state index in [4.69, 9.17) is 0 Å². The van der Waals surface area contributed by atoms with E-state index >= 15 is 0 Å². The lowest BCUT2D eigenvalue weighted by Gasteiger charge is -2.30. The Morgan fingerprint density at radius 2 is 2.29 bits per heavy atom. The average Bonchev–Trinajstić information content (AvgIpc) is 2.61. The first-order valence-corrected chi connectivity index (χ1v) is 7.48. The summed E-state index contributed by atoms with van der Waals surface area (Å²) >= 11 is 1.92. The molecule has 0 aliphatic carbocycles. The van der Waals surface area contributed by atoms with Crippen LogP contribution in [0.4, 0.5) is 0 Å². The summed E-state index contributed by atoms with van der Waals surface area (Å²) in [5.41, 5.74) is 1.43. The van der Waals surface area contributed by atoms with Gasteiger partial charge in [0.2, 0.25) is 0 Å². The maximum Gasteiger partial charge on any atom is 0.0300 e. The molecule has 1 aliphatic rings. The van der Waals surface area contributed by atoms with E-state index in [0.29, 0.717) is 6.04 Å². The van der Waals surface area contributed by atoms with Gasteiger partial charge in [0.25, 0.3) is 0 Å². The number of hydrogen-bond donors (Lipinski definition) is 2. The molecule has 2 atom stereocenters. The van der Waals surface area contributed by atoms with Crippen LogP contribution in [0.25, 0.3) is 0 Å². The van der Waals surface area contributed by atoms with E-state index in [0.717, 1.165) is 19.0 Å². The molecule has 96 valence electrons. The zero-order valence-electron chi connectivity index (χ0n) is 11.2. The zero-order chi connectivity index (χ0) is 12.3. The molecule has 2 nitrogen and oxygen atoms in total. The van der Waals surface area contributed by atoms with Gasteiger partial charge in [-0.1, -0.05) is 6.92 Å². The Balaban J connectivity index is 1.75. The van der Waals surface area contributed by atoms with Crippen LogP contribution >= 0.6 is 11.3 Å². The summed E-state index contributed by atoms with van der Waals surface area (Å²) in [6.45, 7) is 10.1. The van der Waals surface area contributed by atoms with Crippen LogP contribution in [0.15, 0.2) is 6.07 Å². The zero-order valence-corrected chi connectivity index (χ0v) is 12.0. The Hall–Kier alpha value is -0.380. The van der Waals surface area contributed by atoms with Gasteiger partial charge in [0, 0.05) is 28.9 Å².